The molecule has 0 saturated heterocycles. The molecular weight excluding hydrogens is 411 g/mol. The van der Waals surface area contributed by atoms with E-state index in [0.29, 0.717) is 33.6 Å². The number of furan rings is 1. The lowest BCUT2D eigenvalue weighted by molar-refractivity contribution is -0.119. The molecule has 3 aromatic rings. The zero-order chi connectivity index (χ0) is 22.1. The molecule has 9 heteroatoms. The minimum Gasteiger partial charge on any atom is -0.489 e. The van der Waals surface area contributed by atoms with Crippen LogP contribution in [0.1, 0.15) is 19.4 Å². The van der Waals surface area contributed by atoms with Crippen LogP contribution >= 0.6 is 0 Å². The summed E-state index contributed by atoms with van der Waals surface area (Å²) in [5, 5.41) is 3.19. The van der Waals surface area contributed by atoms with E-state index in [-0.39, 0.29) is 24.1 Å². The van der Waals surface area contributed by atoms with E-state index >= 15 is 0 Å². The second-order valence-electron chi connectivity index (χ2n) is 7.15. The second-order valence-corrected chi connectivity index (χ2v) is 8.90. The molecule has 0 bridgehead atoms. The molecule has 30 heavy (non-hydrogen) atoms. The average Bonchev–Trinajstić information content (AvgIpc) is 2.98. The van der Waals surface area contributed by atoms with Crippen LogP contribution in [0.5, 0.6) is 5.75 Å². The first-order chi connectivity index (χ1) is 14.1. The Labute approximate surface area is 174 Å². The van der Waals surface area contributed by atoms with E-state index in [4.69, 9.17) is 9.15 Å². The number of carbonyl (C=O) groups excluding carboxylic acids is 1. The molecule has 0 spiro atoms. The van der Waals surface area contributed by atoms with Crippen molar-refractivity contribution in [2.75, 3.05) is 18.0 Å². The Morgan fingerprint density at radius 2 is 1.87 bits per heavy atom. The van der Waals surface area contributed by atoms with Crippen molar-refractivity contribution in [3.05, 3.63) is 47.8 Å². The molecule has 1 aromatic heterocycles. The fourth-order valence-electron chi connectivity index (χ4n) is 3.06. The van der Waals surface area contributed by atoms with Crippen LogP contribution in [-0.4, -0.2) is 33.7 Å². The van der Waals surface area contributed by atoms with Crippen molar-refractivity contribution >= 4 is 32.6 Å². The predicted octanol–water partition coefficient (Wildman–Crippen LogP) is 3.69. The van der Waals surface area contributed by atoms with Gasteiger partial charge in [-0.3, -0.25) is 9.52 Å². The van der Waals surface area contributed by atoms with Crippen LogP contribution in [0.4, 0.5) is 10.1 Å². The van der Waals surface area contributed by atoms with Gasteiger partial charge in [0, 0.05) is 29.6 Å². The van der Waals surface area contributed by atoms with Crippen molar-refractivity contribution in [1.29, 1.82) is 0 Å². The number of sulfonamides is 1. The lowest BCUT2D eigenvalue weighted by atomic mass is 10.0. The van der Waals surface area contributed by atoms with Crippen molar-refractivity contribution < 1.29 is 26.8 Å². The van der Waals surface area contributed by atoms with Gasteiger partial charge in [-0.05, 0) is 44.2 Å². The van der Waals surface area contributed by atoms with E-state index < -0.39 is 15.8 Å². The van der Waals surface area contributed by atoms with Crippen LogP contribution in [0.2, 0.25) is 0 Å². The maximum atomic E-state index is 13.4. The Morgan fingerprint density at radius 1 is 1.20 bits per heavy atom. The molecular formula is C21H23FN2O5S. The highest BCUT2D eigenvalue weighted by atomic mass is 32.2. The normalized spacial score (nSPS) is 11.7. The van der Waals surface area contributed by atoms with Gasteiger partial charge >= 0.3 is 0 Å². The summed E-state index contributed by atoms with van der Waals surface area (Å²) in [5.41, 5.74) is 1.78. The Morgan fingerprint density at radius 3 is 2.43 bits per heavy atom. The van der Waals surface area contributed by atoms with Crippen molar-refractivity contribution in [2.45, 2.75) is 26.4 Å². The van der Waals surface area contributed by atoms with Gasteiger partial charge in [0.2, 0.25) is 15.9 Å². The summed E-state index contributed by atoms with van der Waals surface area (Å²) in [7, 11) is -2.03. The van der Waals surface area contributed by atoms with E-state index in [2.05, 4.69) is 10.0 Å². The smallest absolute Gasteiger partial charge is 0.229 e. The van der Waals surface area contributed by atoms with Gasteiger partial charge < -0.3 is 14.5 Å². The fourth-order valence-corrected chi connectivity index (χ4v) is 3.62. The van der Waals surface area contributed by atoms with Crippen molar-refractivity contribution in [2.24, 2.45) is 0 Å². The van der Waals surface area contributed by atoms with Gasteiger partial charge in [-0.1, -0.05) is 0 Å². The number of likely N-dealkylation sites (N-methyl/N-ethyl adjacent to an activating group) is 1. The van der Waals surface area contributed by atoms with E-state index in [1.165, 1.54) is 25.2 Å². The maximum Gasteiger partial charge on any atom is 0.229 e. The Bertz CT molecular complexity index is 1180. The lowest BCUT2D eigenvalue weighted by Crippen LogP contribution is -2.20. The molecule has 0 radical (unpaired) electrons. The summed E-state index contributed by atoms with van der Waals surface area (Å²) in [5.74, 6) is 0.0915. The zero-order valence-corrected chi connectivity index (χ0v) is 17.9. The summed E-state index contributed by atoms with van der Waals surface area (Å²) >= 11 is 0. The third-order valence-corrected chi connectivity index (χ3v) is 4.86. The summed E-state index contributed by atoms with van der Waals surface area (Å²) in [6.07, 6.45) is 0.851. The monoisotopic (exact) mass is 434 g/mol. The zero-order valence-electron chi connectivity index (χ0n) is 17.1. The number of carbonyl (C=O) groups is 1. The van der Waals surface area contributed by atoms with E-state index in [1.54, 1.807) is 18.2 Å². The molecule has 2 N–H and O–H groups in total. The van der Waals surface area contributed by atoms with Crippen LogP contribution < -0.4 is 14.8 Å². The maximum absolute atomic E-state index is 13.4. The molecule has 0 aliphatic carbocycles. The molecule has 2 aromatic carbocycles. The number of rotatable bonds is 7. The van der Waals surface area contributed by atoms with E-state index in [9.17, 15) is 17.6 Å². The molecule has 0 fully saturated rings. The Kier molecular flexibility index (Phi) is 6.02. The summed E-state index contributed by atoms with van der Waals surface area (Å²) in [4.78, 5) is 12.1. The van der Waals surface area contributed by atoms with Crippen LogP contribution in [0, 0.1) is 5.82 Å². The number of halogens is 1. The number of anilines is 1. The average molecular weight is 434 g/mol. The van der Waals surface area contributed by atoms with Crippen LogP contribution in [0.3, 0.4) is 0 Å². The Balaban J connectivity index is 2.26. The van der Waals surface area contributed by atoms with Gasteiger partial charge in [0.1, 0.15) is 22.9 Å². The highest BCUT2D eigenvalue weighted by molar-refractivity contribution is 7.92. The summed E-state index contributed by atoms with van der Waals surface area (Å²) < 4.78 is 51.2. The van der Waals surface area contributed by atoms with Crippen LogP contribution in [0.15, 0.2) is 40.8 Å². The van der Waals surface area contributed by atoms with Gasteiger partial charge in [-0.15, -0.1) is 0 Å². The van der Waals surface area contributed by atoms with Crippen molar-refractivity contribution in [3.63, 3.8) is 0 Å². The largest absolute Gasteiger partial charge is 0.489 e. The summed E-state index contributed by atoms with van der Waals surface area (Å²) in [6.45, 7) is 3.64. The number of amides is 1. The second kappa shape index (κ2) is 8.35. The van der Waals surface area contributed by atoms with Gasteiger partial charge in [0.15, 0.2) is 0 Å². The van der Waals surface area contributed by atoms with Crippen LogP contribution in [0.25, 0.3) is 22.3 Å². The highest BCUT2D eigenvalue weighted by Gasteiger charge is 2.22. The molecule has 0 atom stereocenters. The predicted molar refractivity (Wildman–Crippen MR) is 114 cm³/mol. The SMILES string of the molecule is CNC(=O)Cc1c(-c2ccc(F)cc2)oc2cc(NS(C)(=O)=O)c(OC(C)C)cc12. The number of fused-ring (bicyclic) bond motifs is 1. The van der Waals surface area contributed by atoms with Gasteiger partial charge in [-0.2, -0.15) is 0 Å². The molecule has 7 nitrogen and oxygen atoms in total. The molecule has 1 amide bonds. The first-order valence-electron chi connectivity index (χ1n) is 9.27. The van der Waals surface area contributed by atoms with Crippen molar-refractivity contribution in [3.8, 4) is 17.1 Å². The molecule has 0 saturated carbocycles. The number of benzene rings is 2. The number of hydrogen-bond acceptors (Lipinski definition) is 5. The molecule has 0 aliphatic heterocycles. The topological polar surface area (TPSA) is 97.6 Å². The molecule has 0 aliphatic rings. The fraction of sp³-hybridized carbons (Fsp3) is 0.286. The van der Waals surface area contributed by atoms with E-state index in [0.717, 1.165) is 6.26 Å². The van der Waals surface area contributed by atoms with Crippen molar-refractivity contribution in [1.82, 2.24) is 5.32 Å². The van der Waals surface area contributed by atoms with Gasteiger partial charge in [0.25, 0.3) is 0 Å². The standard InChI is InChI=1S/C21H23FN2O5S/c1-12(2)28-19-9-15-16(10-20(25)23-3)21(13-5-7-14(22)8-6-13)29-18(15)11-17(19)24-30(4,26)27/h5-9,11-12,24H,10H2,1-4H3,(H,23,25). The van der Waals surface area contributed by atoms with E-state index in [1.807, 2.05) is 13.8 Å². The van der Waals surface area contributed by atoms with Gasteiger partial charge in [-0.25, -0.2) is 12.8 Å². The Hall–Kier alpha value is -3.07. The molecule has 0 unspecified atom stereocenters. The molecule has 1 heterocycles. The molecule has 3 rings (SSSR count). The number of ether oxygens (including phenoxy) is 1. The minimum absolute atomic E-state index is 0.0240. The summed E-state index contributed by atoms with van der Waals surface area (Å²) in [6, 6.07) is 8.89. The highest BCUT2D eigenvalue weighted by Crippen LogP contribution is 2.40. The molecule has 160 valence electrons. The quantitative estimate of drug-likeness (QED) is 0.591. The minimum atomic E-state index is -3.56. The number of hydrogen-bond donors (Lipinski definition) is 2. The first kappa shape index (κ1) is 21.6. The number of nitrogens with one attached hydrogen (secondary N) is 2. The first-order valence-corrected chi connectivity index (χ1v) is 11.2. The van der Waals surface area contributed by atoms with Crippen LogP contribution in [-0.2, 0) is 21.2 Å². The third-order valence-electron chi connectivity index (χ3n) is 4.27. The third kappa shape index (κ3) is 4.91. The lowest BCUT2D eigenvalue weighted by Gasteiger charge is -2.15. The van der Waals surface area contributed by atoms with Gasteiger partial charge in [0.05, 0.1) is 24.5 Å².